The van der Waals surface area contributed by atoms with E-state index in [-0.39, 0.29) is 0 Å². The van der Waals surface area contributed by atoms with Gasteiger partial charge in [-0.3, -0.25) is 0 Å². The Labute approximate surface area is 67.4 Å². The van der Waals surface area contributed by atoms with Gasteiger partial charge in [0.15, 0.2) is 0 Å². The van der Waals surface area contributed by atoms with Crippen LogP contribution in [0.1, 0.15) is 19.3 Å². The molecule has 0 radical (unpaired) electrons. The van der Waals surface area contributed by atoms with Crippen LogP contribution in [-0.2, 0) is 0 Å². The highest BCUT2D eigenvalue weighted by Gasteiger charge is 2.80. The molecule has 0 heterocycles. The zero-order valence-corrected chi connectivity index (χ0v) is 6.74. The Morgan fingerprint density at radius 3 is 1.27 bits per heavy atom. The van der Waals surface area contributed by atoms with Gasteiger partial charge in [-0.15, -0.1) is 0 Å². The first-order valence-corrected chi connectivity index (χ1v) is 5.45. The van der Waals surface area contributed by atoms with Gasteiger partial charge in [-0.1, -0.05) is 0 Å². The molecule has 6 fully saturated rings. The second kappa shape index (κ2) is 1.11. The predicted molar refractivity (Wildman–Crippen MR) is 41.8 cm³/mol. The van der Waals surface area contributed by atoms with Crippen LogP contribution in [0.25, 0.3) is 0 Å². The zero-order valence-electron chi connectivity index (χ0n) is 6.74. The van der Waals surface area contributed by atoms with Crippen molar-refractivity contribution in [2.75, 3.05) is 0 Å². The Morgan fingerprint density at radius 2 is 0.818 bits per heavy atom. The summed E-state index contributed by atoms with van der Waals surface area (Å²) in [6.07, 6.45) is 4.98. The minimum absolute atomic E-state index is 1.24. The first-order chi connectivity index (χ1) is 5.45. The highest BCUT2D eigenvalue weighted by molar-refractivity contribution is 5.28. The van der Waals surface area contributed by atoms with Gasteiger partial charge >= 0.3 is 0 Å². The molecule has 6 atom stereocenters. The van der Waals surface area contributed by atoms with Crippen molar-refractivity contribution in [2.24, 2.45) is 47.3 Å². The number of hydrogen-bond donors (Lipinski definition) is 0. The minimum atomic E-state index is 1.24. The molecule has 6 rings (SSSR count). The standard InChI is InChI=1S/C11H14/c1-4-2-6-3-5(1)8-7(4)10-9(6)11(8)10/h4-11H,1-3H2. The molecule has 0 amide bonds. The maximum Gasteiger partial charge on any atom is -0.0312 e. The molecule has 6 aliphatic carbocycles. The van der Waals surface area contributed by atoms with E-state index in [2.05, 4.69) is 0 Å². The summed E-state index contributed by atoms with van der Waals surface area (Å²) >= 11 is 0. The molecular formula is C11H14. The third kappa shape index (κ3) is 0.302. The van der Waals surface area contributed by atoms with Crippen molar-refractivity contribution in [1.29, 1.82) is 0 Å². The van der Waals surface area contributed by atoms with Crippen molar-refractivity contribution in [2.45, 2.75) is 19.3 Å². The Bertz CT molecular complexity index is 233. The van der Waals surface area contributed by atoms with Gasteiger partial charge < -0.3 is 0 Å². The number of rotatable bonds is 0. The van der Waals surface area contributed by atoms with E-state index in [9.17, 15) is 0 Å². The van der Waals surface area contributed by atoms with Gasteiger partial charge in [-0.05, 0) is 66.6 Å². The zero-order chi connectivity index (χ0) is 6.74. The summed E-state index contributed by atoms with van der Waals surface area (Å²) < 4.78 is 0. The second-order valence-corrected chi connectivity index (χ2v) is 5.87. The van der Waals surface area contributed by atoms with Crippen molar-refractivity contribution in [3.63, 3.8) is 0 Å². The lowest BCUT2D eigenvalue weighted by atomic mass is 9.71. The fourth-order valence-corrected chi connectivity index (χ4v) is 6.06. The van der Waals surface area contributed by atoms with Crippen molar-refractivity contribution in [3.05, 3.63) is 0 Å². The van der Waals surface area contributed by atoms with Crippen LogP contribution in [0.15, 0.2) is 0 Å². The van der Waals surface area contributed by atoms with Crippen molar-refractivity contribution < 1.29 is 0 Å². The van der Waals surface area contributed by atoms with E-state index in [1.165, 1.54) is 47.3 Å². The summed E-state index contributed by atoms with van der Waals surface area (Å²) in [5, 5.41) is 0. The molecule has 0 N–H and O–H groups in total. The molecule has 58 valence electrons. The topological polar surface area (TPSA) is 0 Å². The van der Waals surface area contributed by atoms with Crippen LogP contribution in [-0.4, -0.2) is 0 Å². The maximum absolute atomic E-state index is 1.66. The molecule has 0 aromatic carbocycles. The summed E-state index contributed by atoms with van der Waals surface area (Å²) in [5.41, 5.74) is 0. The Morgan fingerprint density at radius 1 is 0.455 bits per heavy atom. The van der Waals surface area contributed by atoms with Gasteiger partial charge in [-0.2, -0.15) is 0 Å². The molecule has 0 saturated heterocycles. The molecule has 0 aliphatic heterocycles. The van der Waals surface area contributed by atoms with Crippen LogP contribution in [0.5, 0.6) is 0 Å². The van der Waals surface area contributed by atoms with E-state index >= 15 is 0 Å². The van der Waals surface area contributed by atoms with Gasteiger partial charge in [0.2, 0.25) is 0 Å². The van der Waals surface area contributed by atoms with Gasteiger partial charge in [-0.25, -0.2) is 0 Å². The molecule has 0 aromatic heterocycles. The largest absolute Gasteiger partial charge is 0.0470 e. The van der Waals surface area contributed by atoms with E-state index in [4.69, 9.17) is 0 Å². The predicted octanol–water partition coefficient (Wildman–Crippen LogP) is 2.15. The fraction of sp³-hybridized carbons (Fsp3) is 1.00. The summed E-state index contributed by atoms with van der Waals surface area (Å²) in [5.74, 6) is 10.2. The third-order valence-electron chi connectivity index (χ3n) is 5.98. The molecule has 6 aliphatic rings. The van der Waals surface area contributed by atoms with E-state index in [1.807, 2.05) is 0 Å². The first-order valence-electron chi connectivity index (χ1n) is 5.45. The molecule has 0 aromatic rings. The van der Waals surface area contributed by atoms with Crippen molar-refractivity contribution >= 4 is 0 Å². The summed E-state index contributed by atoms with van der Waals surface area (Å²) in [7, 11) is 0. The Hall–Kier alpha value is 0. The molecule has 0 spiro atoms. The van der Waals surface area contributed by atoms with Crippen molar-refractivity contribution in [3.8, 4) is 0 Å². The summed E-state index contributed by atoms with van der Waals surface area (Å²) in [6.45, 7) is 0. The minimum Gasteiger partial charge on any atom is -0.0470 e. The monoisotopic (exact) mass is 146 g/mol. The van der Waals surface area contributed by atoms with Crippen LogP contribution in [0, 0.1) is 47.3 Å². The summed E-state index contributed by atoms with van der Waals surface area (Å²) in [6, 6.07) is 0. The molecule has 3 bridgehead atoms. The lowest BCUT2D eigenvalue weighted by Gasteiger charge is -2.33. The lowest BCUT2D eigenvalue weighted by Crippen LogP contribution is -2.30. The van der Waals surface area contributed by atoms with E-state index in [0.717, 1.165) is 0 Å². The molecule has 0 heteroatoms. The fourth-order valence-electron chi connectivity index (χ4n) is 6.06. The molecular weight excluding hydrogens is 132 g/mol. The van der Waals surface area contributed by atoms with E-state index in [1.54, 1.807) is 19.3 Å². The van der Waals surface area contributed by atoms with Gasteiger partial charge in [0.25, 0.3) is 0 Å². The van der Waals surface area contributed by atoms with Gasteiger partial charge in [0.05, 0.1) is 0 Å². The quantitative estimate of drug-likeness (QED) is 0.491. The molecule has 11 heavy (non-hydrogen) atoms. The first kappa shape index (κ1) is 4.89. The lowest BCUT2D eigenvalue weighted by molar-refractivity contribution is 0.133. The van der Waals surface area contributed by atoms with Gasteiger partial charge in [0, 0.05) is 0 Å². The van der Waals surface area contributed by atoms with Crippen LogP contribution < -0.4 is 0 Å². The third-order valence-corrected chi connectivity index (χ3v) is 5.98. The maximum atomic E-state index is 1.66. The highest BCUT2D eigenvalue weighted by atomic mass is 14.8. The van der Waals surface area contributed by atoms with Crippen LogP contribution in [0.3, 0.4) is 0 Å². The molecule has 6 unspecified atom stereocenters. The molecule has 0 nitrogen and oxygen atoms in total. The molecule has 6 saturated carbocycles. The smallest absolute Gasteiger partial charge is 0.0312 e. The average molecular weight is 146 g/mol. The SMILES string of the molecule is C1C2CC3CC1C1C2C2C3C12. The van der Waals surface area contributed by atoms with E-state index < -0.39 is 0 Å². The van der Waals surface area contributed by atoms with E-state index in [0.29, 0.717) is 0 Å². The van der Waals surface area contributed by atoms with Crippen LogP contribution >= 0.6 is 0 Å². The van der Waals surface area contributed by atoms with Crippen LogP contribution in [0.4, 0.5) is 0 Å². The Balaban J connectivity index is 1.83. The van der Waals surface area contributed by atoms with Gasteiger partial charge in [0.1, 0.15) is 0 Å². The second-order valence-electron chi connectivity index (χ2n) is 5.87. The van der Waals surface area contributed by atoms with Crippen LogP contribution in [0.2, 0.25) is 0 Å². The van der Waals surface area contributed by atoms with Crippen molar-refractivity contribution in [1.82, 2.24) is 0 Å². The number of hydrogen-bond acceptors (Lipinski definition) is 0. The normalized spacial score (nSPS) is 85.1. The highest BCUT2D eigenvalue weighted by Crippen LogP contribution is 2.85. The Kier molecular flexibility index (Phi) is 0.494. The average Bonchev–Trinajstić information content (AvgIpc) is 2.55. The summed E-state index contributed by atoms with van der Waals surface area (Å²) in [4.78, 5) is 0.